The van der Waals surface area contributed by atoms with E-state index in [1.165, 1.54) is 6.07 Å². The van der Waals surface area contributed by atoms with Crippen molar-refractivity contribution in [2.24, 2.45) is 0 Å². The molecule has 0 bridgehead atoms. The molecule has 2 aromatic rings. The Labute approximate surface area is 116 Å². The van der Waals surface area contributed by atoms with E-state index in [1.54, 1.807) is 12.1 Å². The number of aromatic carboxylic acids is 1. The van der Waals surface area contributed by atoms with Gasteiger partial charge in [0, 0.05) is 6.42 Å². The largest absolute Gasteiger partial charge is 0.477 e. The zero-order valence-corrected chi connectivity index (χ0v) is 10.7. The lowest BCUT2D eigenvalue weighted by Gasteiger charge is -2.05. The normalized spacial score (nSPS) is 10.0. The average molecular weight is 270 g/mol. The molecule has 5 nitrogen and oxygen atoms in total. The number of carboxylic acid groups (broad SMARTS) is 1. The average Bonchev–Trinajstić information content (AvgIpc) is 2.46. The molecule has 0 aliphatic rings. The monoisotopic (exact) mass is 270 g/mol. The molecule has 102 valence electrons. The lowest BCUT2D eigenvalue weighted by Crippen LogP contribution is -2.14. The van der Waals surface area contributed by atoms with Gasteiger partial charge in [-0.05, 0) is 24.1 Å². The number of benzene rings is 1. The van der Waals surface area contributed by atoms with Crippen LogP contribution in [-0.2, 0) is 11.2 Å². The van der Waals surface area contributed by atoms with Crippen molar-refractivity contribution in [2.45, 2.75) is 12.8 Å². The summed E-state index contributed by atoms with van der Waals surface area (Å²) in [6.07, 6.45) is 0.953. The lowest BCUT2D eigenvalue weighted by molar-refractivity contribution is -0.116. The number of nitrogens with one attached hydrogen (secondary N) is 1. The molecule has 0 saturated heterocycles. The molecule has 0 saturated carbocycles. The van der Waals surface area contributed by atoms with Crippen LogP contribution in [0.25, 0.3) is 0 Å². The van der Waals surface area contributed by atoms with Crippen LogP contribution in [0, 0.1) is 0 Å². The fourth-order valence-electron chi connectivity index (χ4n) is 1.73. The molecule has 0 aliphatic heterocycles. The molecule has 0 spiro atoms. The molecule has 2 N–H and O–H groups in total. The van der Waals surface area contributed by atoms with Crippen molar-refractivity contribution < 1.29 is 14.7 Å². The number of rotatable bonds is 5. The van der Waals surface area contributed by atoms with Gasteiger partial charge in [0.1, 0.15) is 5.82 Å². The third-order valence-corrected chi connectivity index (χ3v) is 2.72. The Bertz CT molecular complexity index is 612. The Morgan fingerprint density at radius 2 is 1.80 bits per heavy atom. The summed E-state index contributed by atoms with van der Waals surface area (Å²) in [5, 5.41) is 11.4. The smallest absolute Gasteiger partial charge is 0.354 e. The minimum atomic E-state index is -1.12. The first-order chi connectivity index (χ1) is 9.65. The van der Waals surface area contributed by atoms with Crippen LogP contribution in [0.15, 0.2) is 48.5 Å². The molecular formula is C15H14N2O3. The zero-order valence-electron chi connectivity index (χ0n) is 10.7. The van der Waals surface area contributed by atoms with Crippen LogP contribution in [0.1, 0.15) is 22.5 Å². The standard InChI is InChI=1S/C15H14N2O3/c18-14(10-9-11-5-2-1-3-6-11)17-13-8-4-7-12(16-13)15(19)20/h1-8H,9-10H2,(H,19,20)(H,16,17,18). The second-order valence-electron chi connectivity index (χ2n) is 4.25. The van der Waals surface area contributed by atoms with E-state index in [4.69, 9.17) is 5.11 Å². The van der Waals surface area contributed by atoms with Crippen molar-refractivity contribution in [3.8, 4) is 0 Å². The summed E-state index contributed by atoms with van der Waals surface area (Å²) in [6.45, 7) is 0. The zero-order chi connectivity index (χ0) is 14.4. The molecule has 1 aromatic carbocycles. The van der Waals surface area contributed by atoms with Crippen LogP contribution in [-0.4, -0.2) is 22.0 Å². The Balaban J connectivity index is 1.91. The fraction of sp³-hybridized carbons (Fsp3) is 0.133. The number of pyridine rings is 1. The van der Waals surface area contributed by atoms with Crippen LogP contribution in [0.3, 0.4) is 0 Å². The third-order valence-electron chi connectivity index (χ3n) is 2.72. The summed E-state index contributed by atoms with van der Waals surface area (Å²) >= 11 is 0. The van der Waals surface area contributed by atoms with Gasteiger partial charge in [-0.15, -0.1) is 0 Å². The number of hydrogen-bond acceptors (Lipinski definition) is 3. The van der Waals surface area contributed by atoms with Gasteiger partial charge in [0.05, 0.1) is 0 Å². The first kappa shape index (κ1) is 13.7. The molecule has 20 heavy (non-hydrogen) atoms. The van der Waals surface area contributed by atoms with Crippen molar-refractivity contribution >= 4 is 17.7 Å². The predicted molar refractivity (Wildman–Crippen MR) is 74.6 cm³/mol. The Kier molecular flexibility index (Phi) is 4.44. The molecule has 0 unspecified atom stereocenters. The van der Waals surface area contributed by atoms with Gasteiger partial charge in [-0.3, -0.25) is 4.79 Å². The van der Waals surface area contributed by atoms with Crippen LogP contribution in [0.5, 0.6) is 0 Å². The molecule has 2 rings (SSSR count). The summed E-state index contributed by atoms with van der Waals surface area (Å²) in [4.78, 5) is 26.4. The Morgan fingerprint density at radius 1 is 1.05 bits per heavy atom. The highest BCUT2D eigenvalue weighted by Crippen LogP contribution is 2.07. The number of carbonyl (C=O) groups excluding carboxylic acids is 1. The molecule has 0 atom stereocenters. The number of nitrogens with zero attached hydrogens (tertiary/aromatic N) is 1. The van der Waals surface area contributed by atoms with Gasteiger partial charge in [0.15, 0.2) is 5.69 Å². The van der Waals surface area contributed by atoms with E-state index in [1.807, 2.05) is 30.3 Å². The van der Waals surface area contributed by atoms with Gasteiger partial charge in [0.25, 0.3) is 0 Å². The summed E-state index contributed by atoms with van der Waals surface area (Å²) in [5.41, 5.74) is 0.987. The first-order valence-corrected chi connectivity index (χ1v) is 6.19. The molecule has 1 heterocycles. The van der Waals surface area contributed by atoms with Crippen molar-refractivity contribution in [3.63, 3.8) is 0 Å². The highest BCUT2D eigenvalue weighted by atomic mass is 16.4. The van der Waals surface area contributed by atoms with E-state index < -0.39 is 5.97 Å². The van der Waals surface area contributed by atoms with Crippen LogP contribution in [0.2, 0.25) is 0 Å². The van der Waals surface area contributed by atoms with Crippen molar-refractivity contribution in [1.29, 1.82) is 0 Å². The number of carboxylic acids is 1. The molecule has 5 heteroatoms. The molecule has 0 fully saturated rings. The fourth-order valence-corrected chi connectivity index (χ4v) is 1.73. The van der Waals surface area contributed by atoms with Crippen LogP contribution in [0.4, 0.5) is 5.82 Å². The number of carbonyl (C=O) groups is 2. The Hall–Kier alpha value is -2.69. The molecule has 1 amide bonds. The number of aromatic nitrogens is 1. The lowest BCUT2D eigenvalue weighted by atomic mass is 10.1. The van der Waals surface area contributed by atoms with Crippen LogP contribution >= 0.6 is 0 Å². The number of hydrogen-bond donors (Lipinski definition) is 2. The van der Waals surface area contributed by atoms with Gasteiger partial charge < -0.3 is 10.4 Å². The van der Waals surface area contributed by atoms with E-state index in [0.717, 1.165) is 5.56 Å². The van der Waals surface area contributed by atoms with E-state index in [2.05, 4.69) is 10.3 Å². The summed E-state index contributed by atoms with van der Waals surface area (Å²) in [5.74, 6) is -1.06. The van der Waals surface area contributed by atoms with E-state index in [9.17, 15) is 9.59 Å². The van der Waals surface area contributed by atoms with Crippen molar-refractivity contribution in [2.75, 3.05) is 5.32 Å². The highest BCUT2D eigenvalue weighted by molar-refractivity contribution is 5.91. The van der Waals surface area contributed by atoms with E-state index in [-0.39, 0.29) is 17.4 Å². The summed E-state index contributed by atoms with van der Waals surface area (Å²) in [6, 6.07) is 14.2. The maximum absolute atomic E-state index is 11.8. The van der Waals surface area contributed by atoms with Gasteiger partial charge in [-0.1, -0.05) is 36.4 Å². The maximum atomic E-state index is 11.8. The van der Waals surface area contributed by atoms with Crippen molar-refractivity contribution in [1.82, 2.24) is 4.98 Å². The number of amides is 1. The SMILES string of the molecule is O=C(CCc1ccccc1)Nc1cccc(C(=O)O)n1. The highest BCUT2D eigenvalue weighted by Gasteiger charge is 2.07. The van der Waals surface area contributed by atoms with Crippen LogP contribution < -0.4 is 5.32 Å². The van der Waals surface area contributed by atoms with Gasteiger partial charge in [-0.2, -0.15) is 0 Å². The summed E-state index contributed by atoms with van der Waals surface area (Å²) in [7, 11) is 0. The summed E-state index contributed by atoms with van der Waals surface area (Å²) < 4.78 is 0. The second-order valence-corrected chi connectivity index (χ2v) is 4.25. The van der Waals surface area contributed by atoms with E-state index in [0.29, 0.717) is 12.8 Å². The Morgan fingerprint density at radius 3 is 2.50 bits per heavy atom. The number of anilines is 1. The number of aryl methyl sites for hydroxylation is 1. The predicted octanol–water partition coefficient (Wildman–Crippen LogP) is 2.35. The molecule has 0 radical (unpaired) electrons. The van der Waals surface area contributed by atoms with Gasteiger partial charge in [0.2, 0.25) is 5.91 Å². The quantitative estimate of drug-likeness (QED) is 0.874. The second kappa shape index (κ2) is 6.47. The topological polar surface area (TPSA) is 79.3 Å². The minimum Gasteiger partial charge on any atom is -0.477 e. The van der Waals surface area contributed by atoms with Gasteiger partial charge >= 0.3 is 5.97 Å². The van der Waals surface area contributed by atoms with Gasteiger partial charge in [-0.25, -0.2) is 9.78 Å². The molecule has 0 aliphatic carbocycles. The van der Waals surface area contributed by atoms with E-state index >= 15 is 0 Å². The minimum absolute atomic E-state index is 0.0918. The van der Waals surface area contributed by atoms with Crippen molar-refractivity contribution in [3.05, 3.63) is 59.8 Å². The molecule has 1 aromatic heterocycles. The third kappa shape index (κ3) is 3.91. The maximum Gasteiger partial charge on any atom is 0.354 e. The first-order valence-electron chi connectivity index (χ1n) is 6.19. The molecular weight excluding hydrogens is 256 g/mol.